The number of amides is 2. The number of rotatable bonds is 6. The molecule has 0 aliphatic carbocycles. The molecular formula is C23H29N3O3. The number of carbonyl (C=O) groups is 1. The van der Waals surface area contributed by atoms with Crippen LogP contribution in [0.4, 0.5) is 4.79 Å². The Balaban J connectivity index is 1.14. The number of hydrogen-bond donors (Lipinski definition) is 2. The molecule has 6 heteroatoms. The second-order valence-electron chi connectivity index (χ2n) is 7.88. The minimum Gasteiger partial charge on any atom is -0.454 e. The van der Waals surface area contributed by atoms with E-state index in [9.17, 15) is 4.79 Å². The second-order valence-corrected chi connectivity index (χ2v) is 7.88. The van der Waals surface area contributed by atoms with Crippen molar-refractivity contribution in [1.29, 1.82) is 0 Å². The first kappa shape index (κ1) is 19.6. The van der Waals surface area contributed by atoms with Crippen LogP contribution in [0, 0.1) is 6.92 Å². The van der Waals surface area contributed by atoms with Gasteiger partial charge < -0.3 is 20.1 Å². The number of nitrogens with zero attached hydrogens (tertiary/aromatic N) is 1. The van der Waals surface area contributed by atoms with E-state index >= 15 is 0 Å². The zero-order valence-corrected chi connectivity index (χ0v) is 16.9. The predicted molar refractivity (Wildman–Crippen MR) is 112 cm³/mol. The lowest BCUT2D eigenvalue weighted by Crippen LogP contribution is -2.48. The summed E-state index contributed by atoms with van der Waals surface area (Å²) in [6, 6.07) is 14.8. The van der Waals surface area contributed by atoms with Crippen molar-refractivity contribution < 1.29 is 14.3 Å². The van der Waals surface area contributed by atoms with Crippen LogP contribution in [0.1, 0.15) is 29.5 Å². The van der Waals surface area contributed by atoms with Crippen molar-refractivity contribution >= 4 is 6.03 Å². The van der Waals surface area contributed by atoms with Crippen LogP contribution in [0.2, 0.25) is 0 Å². The molecule has 2 aliphatic heterocycles. The number of benzene rings is 2. The summed E-state index contributed by atoms with van der Waals surface area (Å²) in [4.78, 5) is 14.7. The molecule has 1 fully saturated rings. The first-order chi connectivity index (χ1) is 14.2. The number of ether oxygens (including phenoxy) is 2. The van der Waals surface area contributed by atoms with Crippen molar-refractivity contribution in [1.82, 2.24) is 15.5 Å². The molecule has 2 heterocycles. The number of piperidine rings is 1. The molecule has 0 spiro atoms. The third kappa shape index (κ3) is 5.41. The largest absolute Gasteiger partial charge is 0.454 e. The molecule has 2 aliphatic rings. The Morgan fingerprint density at radius 1 is 1.07 bits per heavy atom. The highest BCUT2D eigenvalue weighted by molar-refractivity contribution is 5.74. The summed E-state index contributed by atoms with van der Waals surface area (Å²) in [7, 11) is 0. The van der Waals surface area contributed by atoms with Crippen molar-refractivity contribution in [2.24, 2.45) is 0 Å². The molecule has 29 heavy (non-hydrogen) atoms. The lowest BCUT2D eigenvalue weighted by Gasteiger charge is -2.32. The summed E-state index contributed by atoms with van der Waals surface area (Å²) in [6.07, 6.45) is 2.74. The SMILES string of the molecule is Cc1cccc(CN2CCC(NC(=O)NCCc3ccc4c(c3)OCO4)CC2)c1. The van der Waals surface area contributed by atoms with E-state index in [2.05, 4.69) is 46.7 Å². The molecule has 6 nitrogen and oxygen atoms in total. The minimum absolute atomic E-state index is 0.0807. The van der Waals surface area contributed by atoms with Crippen LogP contribution >= 0.6 is 0 Å². The number of nitrogens with one attached hydrogen (secondary N) is 2. The molecule has 1 saturated heterocycles. The summed E-state index contributed by atoms with van der Waals surface area (Å²) in [5, 5.41) is 6.09. The van der Waals surface area contributed by atoms with Crippen molar-refractivity contribution in [3.8, 4) is 11.5 Å². The lowest BCUT2D eigenvalue weighted by molar-refractivity contribution is 0.174. The van der Waals surface area contributed by atoms with E-state index < -0.39 is 0 Å². The number of carbonyl (C=O) groups excluding carboxylic acids is 1. The maximum Gasteiger partial charge on any atom is 0.315 e. The van der Waals surface area contributed by atoms with Crippen LogP contribution in [-0.2, 0) is 13.0 Å². The van der Waals surface area contributed by atoms with Gasteiger partial charge in [-0.25, -0.2) is 4.79 Å². The van der Waals surface area contributed by atoms with Crippen molar-refractivity contribution in [3.05, 3.63) is 59.2 Å². The normalized spacial score (nSPS) is 16.6. The van der Waals surface area contributed by atoms with E-state index in [4.69, 9.17) is 9.47 Å². The van der Waals surface area contributed by atoms with Crippen molar-refractivity contribution in [2.75, 3.05) is 26.4 Å². The molecule has 0 radical (unpaired) electrons. The average Bonchev–Trinajstić information content (AvgIpc) is 3.17. The summed E-state index contributed by atoms with van der Waals surface area (Å²) in [5.41, 5.74) is 3.79. The number of likely N-dealkylation sites (tertiary alicyclic amines) is 1. The standard InChI is InChI=1S/C23H29N3O3/c1-17-3-2-4-19(13-17)15-26-11-8-20(9-12-26)25-23(27)24-10-7-18-5-6-21-22(14-18)29-16-28-21/h2-6,13-14,20H,7-12,15-16H2,1H3,(H2,24,25,27). The zero-order chi connectivity index (χ0) is 20.1. The average molecular weight is 396 g/mol. The van der Waals surface area contributed by atoms with E-state index in [1.54, 1.807) is 0 Å². The first-order valence-electron chi connectivity index (χ1n) is 10.4. The van der Waals surface area contributed by atoms with E-state index in [1.165, 1.54) is 11.1 Å². The van der Waals surface area contributed by atoms with Gasteiger partial charge in [-0.15, -0.1) is 0 Å². The van der Waals surface area contributed by atoms with Crippen LogP contribution < -0.4 is 20.1 Å². The van der Waals surface area contributed by atoms with E-state index in [1.807, 2.05) is 18.2 Å². The number of fused-ring (bicyclic) bond motifs is 1. The quantitative estimate of drug-likeness (QED) is 0.788. The minimum atomic E-state index is -0.0807. The van der Waals surface area contributed by atoms with Crippen molar-refractivity contribution in [2.45, 2.75) is 38.8 Å². The van der Waals surface area contributed by atoms with Gasteiger partial charge in [0.2, 0.25) is 6.79 Å². The predicted octanol–water partition coefficient (Wildman–Crippen LogP) is 3.23. The molecule has 154 valence electrons. The topological polar surface area (TPSA) is 62.8 Å². The molecule has 2 aromatic rings. The van der Waals surface area contributed by atoms with Gasteiger partial charge in [0.15, 0.2) is 11.5 Å². The Kier molecular flexibility index (Phi) is 6.20. The molecule has 0 aromatic heterocycles. The fourth-order valence-electron chi connectivity index (χ4n) is 3.96. The third-order valence-electron chi connectivity index (χ3n) is 5.55. The third-order valence-corrected chi connectivity index (χ3v) is 5.55. The molecular weight excluding hydrogens is 366 g/mol. The highest BCUT2D eigenvalue weighted by Gasteiger charge is 2.20. The Bertz CT molecular complexity index is 847. The number of aryl methyl sites for hydroxylation is 1. The molecule has 2 N–H and O–H groups in total. The van der Waals surface area contributed by atoms with E-state index in [-0.39, 0.29) is 18.9 Å². The van der Waals surface area contributed by atoms with Gasteiger partial charge in [0.05, 0.1) is 0 Å². The van der Waals surface area contributed by atoms with Gasteiger partial charge in [-0.3, -0.25) is 4.90 Å². The maximum atomic E-state index is 12.2. The summed E-state index contributed by atoms with van der Waals surface area (Å²) < 4.78 is 10.7. The molecule has 0 saturated carbocycles. The van der Waals surface area contributed by atoms with Crippen LogP contribution in [0.15, 0.2) is 42.5 Å². The molecule has 4 rings (SSSR count). The second kappa shape index (κ2) is 9.18. The van der Waals surface area contributed by atoms with Gasteiger partial charge in [0.1, 0.15) is 0 Å². The Morgan fingerprint density at radius 2 is 1.90 bits per heavy atom. The van der Waals surface area contributed by atoms with Gasteiger partial charge >= 0.3 is 6.03 Å². The maximum absolute atomic E-state index is 12.2. The summed E-state index contributed by atoms with van der Waals surface area (Å²) >= 11 is 0. The van der Waals surface area contributed by atoms with Crippen LogP contribution in [0.3, 0.4) is 0 Å². The number of urea groups is 1. The fraction of sp³-hybridized carbons (Fsp3) is 0.435. The smallest absolute Gasteiger partial charge is 0.315 e. The zero-order valence-electron chi connectivity index (χ0n) is 16.9. The lowest BCUT2D eigenvalue weighted by atomic mass is 10.0. The Labute approximate surface area is 172 Å². The Morgan fingerprint density at radius 3 is 2.72 bits per heavy atom. The molecule has 2 amide bonds. The van der Waals surface area contributed by atoms with Gasteiger partial charge in [-0.1, -0.05) is 35.9 Å². The van der Waals surface area contributed by atoms with Gasteiger partial charge in [-0.05, 0) is 49.4 Å². The highest BCUT2D eigenvalue weighted by atomic mass is 16.7. The van der Waals surface area contributed by atoms with Crippen LogP contribution in [0.25, 0.3) is 0 Å². The van der Waals surface area contributed by atoms with Gasteiger partial charge in [0, 0.05) is 32.2 Å². The molecule has 2 aromatic carbocycles. The Hall–Kier alpha value is -2.73. The van der Waals surface area contributed by atoms with Crippen molar-refractivity contribution in [3.63, 3.8) is 0 Å². The molecule has 0 unspecified atom stereocenters. The van der Waals surface area contributed by atoms with Gasteiger partial charge in [0.25, 0.3) is 0 Å². The summed E-state index contributed by atoms with van der Waals surface area (Å²) in [5.74, 6) is 1.57. The van der Waals surface area contributed by atoms with Crippen LogP contribution in [0.5, 0.6) is 11.5 Å². The van der Waals surface area contributed by atoms with Gasteiger partial charge in [-0.2, -0.15) is 0 Å². The van der Waals surface area contributed by atoms with E-state index in [0.717, 1.165) is 56.0 Å². The van der Waals surface area contributed by atoms with E-state index in [0.29, 0.717) is 6.54 Å². The fourth-order valence-corrected chi connectivity index (χ4v) is 3.96. The first-order valence-corrected chi connectivity index (χ1v) is 10.4. The molecule has 0 bridgehead atoms. The summed E-state index contributed by atoms with van der Waals surface area (Å²) in [6.45, 7) is 6.01. The number of hydrogen-bond acceptors (Lipinski definition) is 4. The van der Waals surface area contributed by atoms with Crippen LogP contribution in [-0.4, -0.2) is 43.4 Å². The highest BCUT2D eigenvalue weighted by Crippen LogP contribution is 2.32. The molecule has 0 atom stereocenters. The monoisotopic (exact) mass is 395 g/mol.